The zero-order valence-electron chi connectivity index (χ0n) is 12.9. The summed E-state index contributed by atoms with van der Waals surface area (Å²) in [6.45, 7) is 14.2. The van der Waals surface area contributed by atoms with Gasteiger partial charge in [0, 0.05) is 6.61 Å². The first-order valence-corrected chi connectivity index (χ1v) is 7.45. The van der Waals surface area contributed by atoms with Crippen molar-refractivity contribution in [2.75, 3.05) is 6.61 Å². The van der Waals surface area contributed by atoms with Gasteiger partial charge in [-0.1, -0.05) is 41.5 Å². The third kappa shape index (κ3) is 9.64. The number of rotatable bonds is 9. The molecule has 0 saturated carbocycles. The van der Waals surface area contributed by atoms with Crippen LogP contribution in [0, 0.1) is 29.6 Å². The Bertz CT molecular complexity index is 156. The molecule has 0 aliphatic rings. The Morgan fingerprint density at radius 2 is 1.00 bits per heavy atom. The molecule has 0 aliphatic carbocycles. The summed E-state index contributed by atoms with van der Waals surface area (Å²) < 4.78 is 0. The van der Waals surface area contributed by atoms with E-state index in [9.17, 15) is 5.11 Å². The molecule has 1 heteroatoms. The minimum absolute atomic E-state index is 0.366. The lowest BCUT2D eigenvalue weighted by Gasteiger charge is -2.24. The molecule has 0 spiro atoms. The van der Waals surface area contributed by atoms with Crippen molar-refractivity contribution in [3.05, 3.63) is 0 Å². The van der Waals surface area contributed by atoms with Crippen molar-refractivity contribution in [2.45, 2.75) is 67.2 Å². The molecule has 0 fully saturated rings. The average Bonchev–Trinajstić information content (AvgIpc) is 2.13. The Kier molecular flexibility index (Phi) is 8.94. The molecule has 1 nitrogen and oxygen atoms in total. The largest absolute Gasteiger partial charge is 0.396 e. The molecule has 0 heterocycles. The summed E-state index contributed by atoms with van der Waals surface area (Å²) >= 11 is 0. The summed E-state index contributed by atoms with van der Waals surface area (Å²) in [6, 6.07) is 0. The molecule has 0 bridgehead atoms. The zero-order valence-corrected chi connectivity index (χ0v) is 12.9. The van der Waals surface area contributed by atoms with Crippen LogP contribution in [-0.4, -0.2) is 11.7 Å². The van der Waals surface area contributed by atoms with Gasteiger partial charge in [-0.05, 0) is 55.3 Å². The van der Waals surface area contributed by atoms with Crippen molar-refractivity contribution < 1.29 is 5.11 Å². The van der Waals surface area contributed by atoms with Gasteiger partial charge in [-0.15, -0.1) is 0 Å². The lowest BCUT2D eigenvalue weighted by atomic mass is 9.83. The normalized spacial score (nSPS) is 17.5. The Labute approximate surface area is 109 Å². The van der Waals surface area contributed by atoms with E-state index in [0.29, 0.717) is 12.5 Å². The van der Waals surface area contributed by atoms with Crippen LogP contribution < -0.4 is 0 Å². The fraction of sp³-hybridized carbons (Fsp3) is 1.00. The van der Waals surface area contributed by atoms with Crippen molar-refractivity contribution in [2.24, 2.45) is 29.6 Å². The Hall–Kier alpha value is -0.0400. The van der Waals surface area contributed by atoms with Crippen LogP contribution in [0.1, 0.15) is 67.2 Å². The quantitative estimate of drug-likeness (QED) is 0.619. The number of aliphatic hydroxyl groups excluding tert-OH is 1. The standard InChI is InChI=1S/C16H34O/c1-12(2)7-14(5)9-16(11-17)10-15(6)8-13(3)4/h12-17H,7-11H2,1-6H3/t14-,15+,16?. The van der Waals surface area contributed by atoms with Crippen molar-refractivity contribution in [1.29, 1.82) is 0 Å². The first kappa shape index (κ1) is 17.0. The molecule has 3 atom stereocenters. The van der Waals surface area contributed by atoms with Gasteiger partial charge in [0.1, 0.15) is 0 Å². The molecule has 17 heavy (non-hydrogen) atoms. The van der Waals surface area contributed by atoms with E-state index in [4.69, 9.17) is 0 Å². The van der Waals surface area contributed by atoms with E-state index in [-0.39, 0.29) is 0 Å². The lowest BCUT2D eigenvalue weighted by Crippen LogP contribution is -2.16. The highest BCUT2D eigenvalue weighted by molar-refractivity contribution is 4.68. The minimum Gasteiger partial charge on any atom is -0.396 e. The second kappa shape index (κ2) is 8.97. The van der Waals surface area contributed by atoms with Gasteiger partial charge in [-0.2, -0.15) is 0 Å². The second-order valence-corrected chi connectivity index (χ2v) is 6.99. The minimum atomic E-state index is 0.366. The number of hydrogen-bond donors (Lipinski definition) is 1. The SMILES string of the molecule is CC(C)C[C@@H](C)CC(CO)C[C@@H](C)CC(C)C. The molecule has 0 aromatic carbocycles. The second-order valence-electron chi connectivity index (χ2n) is 6.99. The maximum Gasteiger partial charge on any atom is 0.0459 e. The van der Waals surface area contributed by atoms with Gasteiger partial charge < -0.3 is 5.11 Å². The fourth-order valence-electron chi connectivity index (χ4n) is 3.19. The van der Waals surface area contributed by atoms with Crippen LogP contribution in [0.3, 0.4) is 0 Å². The van der Waals surface area contributed by atoms with Gasteiger partial charge in [-0.3, -0.25) is 0 Å². The molecule has 0 amide bonds. The molecule has 1 N–H and O–H groups in total. The summed E-state index contributed by atoms with van der Waals surface area (Å²) in [5, 5.41) is 9.49. The van der Waals surface area contributed by atoms with Gasteiger partial charge in [0.15, 0.2) is 0 Å². The van der Waals surface area contributed by atoms with Gasteiger partial charge in [0.25, 0.3) is 0 Å². The highest BCUT2D eigenvalue weighted by atomic mass is 16.3. The Balaban J connectivity index is 3.97. The van der Waals surface area contributed by atoms with Crippen LogP contribution in [0.5, 0.6) is 0 Å². The van der Waals surface area contributed by atoms with Crippen molar-refractivity contribution >= 4 is 0 Å². The summed E-state index contributed by atoms with van der Waals surface area (Å²) in [6.07, 6.45) is 4.96. The third-order valence-corrected chi connectivity index (χ3v) is 3.48. The van der Waals surface area contributed by atoms with E-state index in [1.165, 1.54) is 25.7 Å². The molecule has 0 aromatic heterocycles. The summed E-state index contributed by atoms with van der Waals surface area (Å²) in [7, 11) is 0. The van der Waals surface area contributed by atoms with Crippen LogP contribution >= 0.6 is 0 Å². The smallest absolute Gasteiger partial charge is 0.0459 e. The topological polar surface area (TPSA) is 20.2 Å². The van der Waals surface area contributed by atoms with Crippen molar-refractivity contribution in [1.82, 2.24) is 0 Å². The molecule has 0 aromatic rings. The van der Waals surface area contributed by atoms with E-state index in [1.807, 2.05) is 0 Å². The molecular weight excluding hydrogens is 208 g/mol. The number of aliphatic hydroxyl groups is 1. The molecular formula is C16H34O. The fourth-order valence-corrected chi connectivity index (χ4v) is 3.19. The van der Waals surface area contributed by atoms with Crippen LogP contribution in [0.4, 0.5) is 0 Å². The zero-order chi connectivity index (χ0) is 13.4. The van der Waals surface area contributed by atoms with Gasteiger partial charge in [0.05, 0.1) is 0 Å². The van der Waals surface area contributed by atoms with Crippen LogP contribution in [0.2, 0.25) is 0 Å². The van der Waals surface area contributed by atoms with Crippen molar-refractivity contribution in [3.8, 4) is 0 Å². The molecule has 0 saturated heterocycles. The van der Waals surface area contributed by atoms with E-state index in [2.05, 4.69) is 41.5 Å². The van der Waals surface area contributed by atoms with E-state index in [1.54, 1.807) is 0 Å². The van der Waals surface area contributed by atoms with Gasteiger partial charge in [0.2, 0.25) is 0 Å². The predicted molar refractivity (Wildman–Crippen MR) is 77.0 cm³/mol. The predicted octanol–water partition coefficient (Wildman–Crippen LogP) is 4.74. The molecule has 1 unspecified atom stereocenters. The highest BCUT2D eigenvalue weighted by Gasteiger charge is 2.17. The van der Waals surface area contributed by atoms with E-state index >= 15 is 0 Å². The maximum absolute atomic E-state index is 9.49. The molecule has 0 radical (unpaired) electrons. The summed E-state index contributed by atoms with van der Waals surface area (Å²) in [4.78, 5) is 0. The van der Waals surface area contributed by atoms with Crippen LogP contribution in [0.15, 0.2) is 0 Å². The molecule has 0 aliphatic heterocycles. The number of hydrogen-bond acceptors (Lipinski definition) is 1. The first-order chi connectivity index (χ1) is 7.85. The Morgan fingerprint density at radius 1 is 0.647 bits per heavy atom. The van der Waals surface area contributed by atoms with Gasteiger partial charge in [-0.25, -0.2) is 0 Å². The van der Waals surface area contributed by atoms with Gasteiger partial charge >= 0.3 is 0 Å². The van der Waals surface area contributed by atoms with E-state index in [0.717, 1.165) is 23.7 Å². The molecule has 104 valence electrons. The summed E-state index contributed by atoms with van der Waals surface area (Å²) in [5.74, 6) is 3.56. The van der Waals surface area contributed by atoms with Crippen LogP contribution in [-0.2, 0) is 0 Å². The summed E-state index contributed by atoms with van der Waals surface area (Å²) in [5.41, 5.74) is 0. The Morgan fingerprint density at radius 3 is 1.24 bits per heavy atom. The lowest BCUT2D eigenvalue weighted by molar-refractivity contribution is 0.169. The van der Waals surface area contributed by atoms with E-state index < -0.39 is 0 Å². The monoisotopic (exact) mass is 242 g/mol. The highest BCUT2D eigenvalue weighted by Crippen LogP contribution is 2.26. The third-order valence-electron chi connectivity index (χ3n) is 3.48. The maximum atomic E-state index is 9.49. The average molecular weight is 242 g/mol. The van der Waals surface area contributed by atoms with Crippen LogP contribution in [0.25, 0.3) is 0 Å². The van der Waals surface area contributed by atoms with Crippen molar-refractivity contribution in [3.63, 3.8) is 0 Å². The molecule has 0 rings (SSSR count). The first-order valence-electron chi connectivity index (χ1n) is 7.45.